The Morgan fingerprint density at radius 3 is 2.87 bits per heavy atom. The molecule has 23 heavy (non-hydrogen) atoms. The first-order valence-electron chi connectivity index (χ1n) is 8.79. The fraction of sp³-hybridized carbons (Fsp3) is 0.556. The zero-order valence-corrected chi connectivity index (χ0v) is 13.5. The molecule has 0 radical (unpaired) electrons. The summed E-state index contributed by atoms with van der Waals surface area (Å²) in [5.41, 5.74) is 1.35. The molecule has 2 aromatic rings. The van der Waals surface area contributed by atoms with E-state index in [1.54, 1.807) is 0 Å². The molecular weight excluding hydrogens is 288 g/mol. The number of nitrogens with one attached hydrogen (secondary N) is 1. The Morgan fingerprint density at radius 2 is 2.00 bits per heavy atom. The van der Waals surface area contributed by atoms with Crippen molar-refractivity contribution < 1.29 is 4.79 Å². The number of amides is 1. The summed E-state index contributed by atoms with van der Waals surface area (Å²) >= 11 is 0. The van der Waals surface area contributed by atoms with Crippen LogP contribution in [0.5, 0.6) is 0 Å². The van der Waals surface area contributed by atoms with Gasteiger partial charge in [0, 0.05) is 30.7 Å². The monoisotopic (exact) mass is 312 g/mol. The minimum Gasteiger partial charge on any atom is -0.346 e. The third kappa shape index (κ3) is 2.98. The van der Waals surface area contributed by atoms with Crippen molar-refractivity contribution in [1.29, 1.82) is 0 Å². The summed E-state index contributed by atoms with van der Waals surface area (Å²) in [6.45, 7) is 4.26. The second-order valence-electron chi connectivity index (χ2n) is 6.77. The van der Waals surface area contributed by atoms with E-state index in [0.717, 1.165) is 37.0 Å². The summed E-state index contributed by atoms with van der Waals surface area (Å²) in [4.78, 5) is 25.1. The number of aromatic amines is 1. The molecule has 1 unspecified atom stereocenters. The third-order valence-electron chi connectivity index (χ3n) is 5.18. The molecule has 1 atom stereocenters. The Kier molecular flexibility index (Phi) is 4.04. The largest absolute Gasteiger partial charge is 0.346 e. The highest BCUT2D eigenvalue weighted by molar-refractivity contribution is 5.94. The lowest BCUT2D eigenvalue weighted by atomic mass is 10.1. The molecule has 0 spiro atoms. The number of rotatable bonds is 3. The molecule has 4 heterocycles. The molecule has 2 aromatic heterocycles. The standard InChI is InChI=1S/C18H24N4O/c23-18(16-7-6-14-8-9-19-17(14)20-16)22-12-4-5-15(22)13-21-10-2-1-3-11-21/h6-9,15H,1-5,10-13H2,(H,19,20). The molecule has 0 bridgehead atoms. The smallest absolute Gasteiger partial charge is 0.272 e. The van der Waals surface area contributed by atoms with Gasteiger partial charge in [0.15, 0.2) is 0 Å². The number of piperidine rings is 1. The molecule has 0 aliphatic carbocycles. The van der Waals surface area contributed by atoms with Crippen molar-refractivity contribution in [2.75, 3.05) is 26.2 Å². The van der Waals surface area contributed by atoms with Crippen molar-refractivity contribution in [3.05, 3.63) is 30.1 Å². The van der Waals surface area contributed by atoms with Gasteiger partial charge < -0.3 is 14.8 Å². The molecule has 1 amide bonds. The number of hydrogen-bond donors (Lipinski definition) is 1. The van der Waals surface area contributed by atoms with Crippen LogP contribution in [-0.4, -0.2) is 57.9 Å². The molecule has 2 aliphatic heterocycles. The number of fused-ring (bicyclic) bond motifs is 1. The van der Waals surface area contributed by atoms with Gasteiger partial charge in [0.05, 0.1) is 0 Å². The van der Waals surface area contributed by atoms with E-state index >= 15 is 0 Å². The third-order valence-corrected chi connectivity index (χ3v) is 5.18. The van der Waals surface area contributed by atoms with Crippen LogP contribution in [0.25, 0.3) is 11.0 Å². The Hall–Kier alpha value is -1.88. The SMILES string of the molecule is O=C(c1ccc2cc[nH]c2n1)N1CCCC1CN1CCCCC1. The fourth-order valence-corrected chi connectivity index (χ4v) is 3.93. The summed E-state index contributed by atoms with van der Waals surface area (Å²) in [6, 6.07) is 6.16. The van der Waals surface area contributed by atoms with E-state index in [-0.39, 0.29) is 5.91 Å². The number of carbonyl (C=O) groups is 1. The summed E-state index contributed by atoms with van der Waals surface area (Å²) in [5, 5.41) is 1.05. The zero-order chi connectivity index (χ0) is 15.6. The van der Waals surface area contributed by atoms with Crippen LogP contribution in [0, 0.1) is 0 Å². The highest BCUT2D eigenvalue weighted by Gasteiger charge is 2.31. The van der Waals surface area contributed by atoms with Gasteiger partial charge in [-0.25, -0.2) is 4.98 Å². The Labute approximate surface area is 136 Å². The molecule has 0 saturated carbocycles. The van der Waals surface area contributed by atoms with Crippen molar-refractivity contribution in [3.8, 4) is 0 Å². The first-order chi connectivity index (χ1) is 11.3. The summed E-state index contributed by atoms with van der Waals surface area (Å²) in [6.07, 6.45) is 8.03. The molecule has 1 N–H and O–H groups in total. The van der Waals surface area contributed by atoms with Crippen LogP contribution in [0.4, 0.5) is 0 Å². The van der Waals surface area contributed by atoms with Gasteiger partial charge in [-0.2, -0.15) is 0 Å². The maximum absolute atomic E-state index is 12.9. The maximum Gasteiger partial charge on any atom is 0.272 e. The maximum atomic E-state index is 12.9. The molecular formula is C18H24N4O. The summed E-state index contributed by atoms with van der Waals surface area (Å²) in [5.74, 6) is 0.0843. The van der Waals surface area contributed by atoms with Gasteiger partial charge in [-0.1, -0.05) is 6.42 Å². The second-order valence-corrected chi connectivity index (χ2v) is 6.77. The number of hydrogen-bond acceptors (Lipinski definition) is 3. The highest BCUT2D eigenvalue weighted by Crippen LogP contribution is 2.22. The predicted octanol–water partition coefficient (Wildman–Crippen LogP) is 2.65. The van der Waals surface area contributed by atoms with E-state index in [9.17, 15) is 4.79 Å². The lowest BCUT2D eigenvalue weighted by Gasteiger charge is -2.32. The van der Waals surface area contributed by atoms with Crippen LogP contribution in [-0.2, 0) is 0 Å². The van der Waals surface area contributed by atoms with Crippen LogP contribution in [0.15, 0.2) is 24.4 Å². The Balaban J connectivity index is 1.49. The number of H-pyrrole nitrogens is 1. The van der Waals surface area contributed by atoms with Crippen LogP contribution >= 0.6 is 0 Å². The summed E-state index contributed by atoms with van der Waals surface area (Å²) < 4.78 is 0. The number of likely N-dealkylation sites (tertiary alicyclic amines) is 2. The topological polar surface area (TPSA) is 52.2 Å². The van der Waals surface area contributed by atoms with E-state index in [2.05, 4.69) is 14.9 Å². The Morgan fingerprint density at radius 1 is 1.13 bits per heavy atom. The van der Waals surface area contributed by atoms with Gasteiger partial charge in [-0.15, -0.1) is 0 Å². The van der Waals surface area contributed by atoms with E-state index in [4.69, 9.17) is 0 Å². The van der Waals surface area contributed by atoms with E-state index < -0.39 is 0 Å². The molecule has 0 aromatic carbocycles. The van der Waals surface area contributed by atoms with Gasteiger partial charge in [0.2, 0.25) is 0 Å². The van der Waals surface area contributed by atoms with Crippen LogP contribution in [0.1, 0.15) is 42.6 Å². The first-order valence-corrected chi connectivity index (χ1v) is 8.79. The van der Waals surface area contributed by atoms with Gasteiger partial charge in [-0.05, 0) is 57.0 Å². The Bertz CT molecular complexity index is 689. The van der Waals surface area contributed by atoms with E-state index in [0.29, 0.717) is 11.7 Å². The molecule has 5 heteroatoms. The second kappa shape index (κ2) is 6.32. The van der Waals surface area contributed by atoms with E-state index in [1.165, 1.54) is 32.4 Å². The molecule has 5 nitrogen and oxygen atoms in total. The predicted molar refractivity (Wildman–Crippen MR) is 90.4 cm³/mol. The number of aromatic nitrogens is 2. The van der Waals surface area contributed by atoms with Crippen molar-refractivity contribution in [2.45, 2.75) is 38.1 Å². The van der Waals surface area contributed by atoms with Gasteiger partial charge in [0.25, 0.3) is 5.91 Å². The van der Waals surface area contributed by atoms with Crippen molar-refractivity contribution >= 4 is 16.9 Å². The van der Waals surface area contributed by atoms with Crippen LogP contribution in [0.3, 0.4) is 0 Å². The molecule has 122 valence electrons. The zero-order valence-electron chi connectivity index (χ0n) is 13.5. The lowest BCUT2D eigenvalue weighted by Crippen LogP contribution is -2.44. The average Bonchev–Trinajstić information content (AvgIpc) is 3.23. The highest BCUT2D eigenvalue weighted by atomic mass is 16.2. The fourth-order valence-electron chi connectivity index (χ4n) is 3.93. The molecule has 2 fully saturated rings. The molecule has 4 rings (SSSR count). The number of nitrogens with zero attached hydrogens (tertiary/aromatic N) is 3. The summed E-state index contributed by atoms with van der Waals surface area (Å²) in [7, 11) is 0. The van der Waals surface area contributed by atoms with Crippen LogP contribution in [0.2, 0.25) is 0 Å². The van der Waals surface area contributed by atoms with Crippen LogP contribution < -0.4 is 0 Å². The van der Waals surface area contributed by atoms with Crippen molar-refractivity contribution in [3.63, 3.8) is 0 Å². The quantitative estimate of drug-likeness (QED) is 0.948. The minimum absolute atomic E-state index is 0.0843. The van der Waals surface area contributed by atoms with Gasteiger partial charge >= 0.3 is 0 Å². The minimum atomic E-state index is 0.0843. The lowest BCUT2D eigenvalue weighted by molar-refractivity contribution is 0.0685. The average molecular weight is 312 g/mol. The normalized spacial score (nSPS) is 22.8. The molecule has 2 saturated heterocycles. The van der Waals surface area contributed by atoms with Crippen molar-refractivity contribution in [1.82, 2.24) is 19.8 Å². The van der Waals surface area contributed by atoms with E-state index in [1.807, 2.05) is 29.3 Å². The van der Waals surface area contributed by atoms with Crippen molar-refractivity contribution in [2.24, 2.45) is 0 Å². The number of carbonyl (C=O) groups excluding carboxylic acids is 1. The molecule has 2 aliphatic rings. The number of pyridine rings is 1. The van der Waals surface area contributed by atoms with Gasteiger partial charge in [0.1, 0.15) is 11.3 Å². The first kappa shape index (κ1) is 14.7. The van der Waals surface area contributed by atoms with Gasteiger partial charge in [-0.3, -0.25) is 4.79 Å².